The van der Waals surface area contributed by atoms with E-state index in [1.807, 2.05) is 0 Å². The van der Waals surface area contributed by atoms with E-state index < -0.39 is 11.6 Å². The van der Waals surface area contributed by atoms with E-state index in [0.717, 1.165) is 0 Å². The van der Waals surface area contributed by atoms with E-state index in [0.29, 0.717) is 34.2 Å². The van der Waals surface area contributed by atoms with Crippen LogP contribution in [-0.4, -0.2) is 15.4 Å². The van der Waals surface area contributed by atoms with Crippen LogP contribution >= 0.6 is 23.2 Å². The van der Waals surface area contributed by atoms with Crippen LogP contribution in [0.15, 0.2) is 36.4 Å². The van der Waals surface area contributed by atoms with Crippen molar-refractivity contribution in [3.8, 4) is 5.69 Å². The molecule has 1 heterocycles. The summed E-state index contributed by atoms with van der Waals surface area (Å²) < 4.78 is 29.1. The zero-order valence-electron chi connectivity index (χ0n) is 10.8. The smallest absolute Gasteiger partial charge is 0.147 e. The molecular weight excluding hydrogens is 317 g/mol. The van der Waals surface area contributed by atoms with Gasteiger partial charge in [-0.15, -0.1) is 11.6 Å². The maximum absolute atomic E-state index is 14.1. The number of benzene rings is 2. The van der Waals surface area contributed by atoms with Crippen molar-refractivity contribution in [1.82, 2.24) is 9.55 Å². The SMILES string of the molecule is Fc1ccc2c(c1)nc(CCCl)n2-c1cc(Cl)ccc1F. The van der Waals surface area contributed by atoms with Gasteiger partial charge < -0.3 is 0 Å². The highest BCUT2D eigenvalue weighted by molar-refractivity contribution is 6.30. The summed E-state index contributed by atoms with van der Waals surface area (Å²) in [5.74, 6) is 0.0651. The van der Waals surface area contributed by atoms with Crippen molar-refractivity contribution in [2.45, 2.75) is 6.42 Å². The predicted octanol–water partition coefficient (Wildman–Crippen LogP) is 4.74. The van der Waals surface area contributed by atoms with Crippen LogP contribution in [0.1, 0.15) is 5.82 Å². The highest BCUT2D eigenvalue weighted by Crippen LogP contribution is 2.26. The molecule has 21 heavy (non-hydrogen) atoms. The molecule has 3 rings (SSSR count). The molecule has 0 saturated carbocycles. The van der Waals surface area contributed by atoms with Gasteiger partial charge in [0, 0.05) is 23.4 Å². The molecule has 1 aromatic heterocycles. The Kier molecular flexibility index (Phi) is 3.83. The molecule has 0 radical (unpaired) electrons. The molecular formula is C15H10Cl2F2N2. The van der Waals surface area contributed by atoms with Gasteiger partial charge in [0.1, 0.15) is 17.5 Å². The average Bonchev–Trinajstić information content (AvgIpc) is 2.79. The van der Waals surface area contributed by atoms with Crippen molar-refractivity contribution in [3.63, 3.8) is 0 Å². The Labute approximate surface area is 129 Å². The van der Waals surface area contributed by atoms with Crippen LogP contribution in [0.2, 0.25) is 5.02 Å². The van der Waals surface area contributed by atoms with Crippen molar-refractivity contribution in [2.75, 3.05) is 5.88 Å². The van der Waals surface area contributed by atoms with Gasteiger partial charge in [-0.05, 0) is 30.3 Å². The Morgan fingerprint density at radius 3 is 2.67 bits per heavy atom. The normalized spacial score (nSPS) is 11.2. The van der Waals surface area contributed by atoms with Gasteiger partial charge in [-0.1, -0.05) is 11.6 Å². The first kappa shape index (κ1) is 14.3. The number of imidazole rings is 1. The van der Waals surface area contributed by atoms with Gasteiger partial charge in [-0.25, -0.2) is 13.8 Å². The molecule has 0 amide bonds. The van der Waals surface area contributed by atoms with Gasteiger partial charge >= 0.3 is 0 Å². The molecule has 0 aliphatic carbocycles. The maximum Gasteiger partial charge on any atom is 0.147 e. The molecule has 108 valence electrons. The lowest BCUT2D eigenvalue weighted by Crippen LogP contribution is -2.04. The first-order valence-corrected chi connectivity index (χ1v) is 7.19. The average molecular weight is 327 g/mol. The van der Waals surface area contributed by atoms with Crippen LogP contribution in [0.5, 0.6) is 0 Å². The maximum atomic E-state index is 14.1. The Morgan fingerprint density at radius 1 is 1.10 bits per heavy atom. The van der Waals surface area contributed by atoms with Crippen molar-refractivity contribution in [3.05, 3.63) is 58.9 Å². The first-order chi connectivity index (χ1) is 10.1. The van der Waals surface area contributed by atoms with E-state index in [2.05, 4.69) is 4.98 Å². The number of fused-ring (bicyclic) bond motifs is 1. The highest BCUT2D eigenvalue weighted by Gasteiger charge is 2.16. The van der Waals surface area contributed by atoms with Gasteiger partial charge in [0.25, 0.3) is 0 Å². The summed E-state index contributed by atoms with van der Waals surface area (Å²) in [6.45, 7) is 0. The van der Waals surface area contributed by atoms with E-state index >= 15 is 0 Å². The molecule has 0 spiro atoms. The summed E-state index contributed by atoms with van der Waals surface area (Å²) in [5, 5.41) is 0.409. The monoisotopic (exact) mass is 326 g/mol. The van der Waals surface area contributed by atoms with Gasteiger partial charge in [0.2, 0.25) is 0 Å². The number of aromatic nitrogens is 2. The zero-order chi connectivity index (χ0) is 15.0. The number of halogens is 4. The second-order valence-corrected chi connectivity index (χ2v) is 5.35. The van der Waals surface area contributed by atoms with Crippen molar-refractivity contribution in [2.24, 2.45) is 0 Å². The molecule has 3 aromatic rings. The highest BCUT2D eigenvalue weighted by atomic mass is 35.5. The second kappa shape index (κ2) is 5.62. The minimum absolute atomic E-state index is 0.275. The van der Waals surface area contributed by atoms with E-state index in [1.165, 1.54) is 30.3 Å². The first-order valence-electron chi connectivity index (χ1n) is 6.28. The van der Waals surface area contributed by atoms with Gasteiger partial charge in [0.15, 0.2) is 0 Å². The number of alkyl halides is 1. The van der Waals surface area contributed by atoms with Gasteiger partial charge in [0.05, 0.1) is 16.7 Å². The zero-order valence-corrected chi connectivity index (χ0v) is 12.3. The summed E-state index contributed by atoms with van der Waals surface area (Å²) in [7, 11) is 0. The Balaban J connectivity index is 2.33. The molecule has 0 saturated heterocycles. The van der Waals surface area contributed by atoms with Crippen LogP contribution in [0.25, 0.3) is 16.7 Å². The second-order valence-electron chi connectivity index (χ2n) is 4.53. The van der Waals surface area contributed by atoms with Gasteiger partial charge in [-0.2, -0.15) is 0 Å². The summed E-state index contributed by atoms with van der Waals surface area (Å²) in [6, 6.07) is 8.46. The predicted molar refractivity (Wildman–Crippen MR) is 80.4 cm³/mol. The van der Waals surface area contributed by atoms with Gasteiger partial charge in [-0.3, -0.25) is 4.57 Å². The molecule has 2 aromatic carbocycles. The fraction of sp³-hybridized carbons (Fsp3) is 0.133. The van der Waals surface area contributed by atoms with E-state index in [4.69, 9.17) is 23.2 Å². The van der Waals surface area contributed by atoms with Crippen LogP contribution < -0.4 is 0 Å². The molecule has 0 fully saturated rings. The molecule has 0 bridgehead atoms. The standard InChI is InChI=1S/C15H10Cl2F2N2/c16-6-5-15-20-12-8-10(18)2-4-13(12)21(15)14-7-9(17)1-3-11(14)19/h1-4,7-8H,5-6H2. The third-order valence-electron chi connectivity index (χ3n) is 3.15. The molecule has 0 aliphatic rings. The number of rotatable bonds is 3. The fourth-order valence-electron chi connectivity index (χ4n) is 2.28. The minimum Gasteiger partial charge on any atom is -0.293 e. The van der Waals surface area contributed by atoms with Crippen molar-refractivity contribution >= 4 is 34.2 Å². The van der Waals surface area contributed by atoms with E-state index in [1.54, 1.807) is 10.6 Å². The summed E-state index contributed by atoms with van der Waals surface area (Å²) in [6.07, 6.45) is 0.434. The summed E-state index contributed by atoms with van der Waals surface area (Å²) >= 11 is 11.7. The summed E-state index contributed by atoms with van der Waals surface area (Å²) in [4.78, 5) is 4.34. The molecule has 2 nitrogen and oxygen atoms in total. The topological polar surface area (TPSA) is 17.8 Å². The van der Waals surface area contributed by atoms with Crippen molar-refractivity contribution in [1.29, 1.82) is 0 Å². The summed E-state index contributed by atoms with van der Waals surface area (Å²) in [5.41, 5.74) is 1.34. The molecule has 0 aliphatic heterocycles. The number of aryl methyl sites for hydroxylation is 1. The van der Waals surface area contributed by atoms with Crippen molar-refractivity contribution < 1.29 is 8.78 Å². The van der Waals surface area contributed by atoms with Crippen LogP contribution in [0.3, 0.4) is 0 Å². The van der Waals surface area contributed by atoms with Crippen LogP contribution in [-0.2, 0) is 6.42 Å². The van der Waals surface area contributed by atoms with Crippen LogP contribution in [0.4, 0.5) is 8.78 Å². The lowest BCUT2D eigenvalue weighted by atomic mass is 10.2. The Hall–Kier alpha value is -1.65. The molecule has 0 atom stereocenters. The molecule has 0 unspecified atom stereocenters. The van der Waals surface area contributed by atoms with E-state index in [-0.39, 0.29) is 5.69 Å². The lowest BCUT2D eigenvalue weighted by Gasteiger charge is -2.10. The largest absolute Gasteiger partial charge is 0.293 e. The third kappa shape index (κ3) is 2.61. The Bertz CT molecular complexity index is 815. The number of hydrogen-bond acceptors (Lipinski definition) is 1. The quantitative estimate of drug-likeness (QED) is 0.636. The lowest BCUT2D eigenvalue weighted by molar-refractivity contribution is 0.617. The fourth-order valence-corrected chi connectivity index (χ4v) is 2.62. The number of hydrogen-bond donors (Lipinski definition) is 0. The number of nitrogens with zero attached hydrogens (tertiary/aromatic N) is 2. The van der Waals surface area contributed by atoms with E-state index in [9.17, 15) is 8.78 Å². The van der Waals surface area contributed by atoms with Crippen LogP contribution in [0, 0.1) is 11.6 Å². The molecule has 0 N–H and O–H groups in total. The Morgan fingerprint density at radius 2 is 1.90 bits per heavy atom. The molecule has 6 heteroatoms. The minimum atomic E-state index is -0.432. The third-order valence-corrected chi connectivity index (χ3v) is 3.58.